The van der Waals surface area contributed by atoms with Crippen molar-refractivity contribution in [3.63, 3.8) is 0 Å². The number of carbonyl (C=O) groups is 2. The van der Waals surface area contributed by atoms with Gasteiger partial charge in [-0.05, 0) is 100 Å². The van der Waals surface area contributed by atoms with E-state index in [4.69, 9.17) is 4.74 Å². The zero-order chi connectivity index (χ0) is 30.3. The first-order chi connectivity index (χ1) is 20.9. The van der Waals surface area contributed by atoms with Crippen molar-refractivity contribution in [1.82, 2.24) is 19.8 Å². The molecule has 1 aliphatic heterocycles. The van der Waals surface area contributed by atoms with Gasteiger partial charge in [-0.2, -0.15) is 0 Å². The fraction of sp³-hybridized carbons (Fsp3) is 0.382. The Hall–Kier alpha value is -4.21. The van der Waals surface area contributed by atoms with Crippen LogP contribution in [0.5, 0.6) is 0 Å². The van der Waals surface area contributed by atoms with Gasteiger partial charge >= 0.3 is 6.03 Å². The van der Waals surface area contributed by atoms with E-state index in [0.717, 1.165) is 54.8 Å². The second kappa shape index (κ2) is 13.8. The SMILES string of the molecule is CCN1CCC(c2ccc(C(=O)Nc3cc(N(CCOC(C)C)c4ccc5c(ccn5C(=O)NC)c4)ccn3)cc2)CC1. The molecule has 0 saturated carbocycles. The van der Waals surface area contributed by atoms with Crippen LogP contribution >= 0.6 is 0 Å². The third-order valence-corrected chi connectivity index (χ3v) is 8.16. The molecule has 226 valence electrons. The fourth-order valence-corrected chi connectivity index (χ4v) is 5.72. The minimum absolute atomic E-state index is 0.105. The standard InChI is InChI=1S/C34H42N6O3/c1-5-38-17-13-26(14-18-38)25-6-8-27(9-7-25)33(41)37-32-23-30(12-16-36-32)39(20-21-43-24(2)3)29-10-11-31-28(22-29)15-19-40(31)34(42)35-4/h6-12,15-16,19,22-24,26H,5,13-14,17-18,20-21H2,1-4H3,(H,35,42)(H,36,37,41). The molecule has 2 amide bonds. The third kappa shape index (κ3) is 7.24. The smallest absolute Gasteiger partial charge is 0.325 e. The lowest BCUT2D eigenvalue weighted by atomic mass is 9.89. The zero-order valence-corrected chi connectivity index (χ0v) is 25.5. The molecule has 0 bridgehead atoms. The summed E-state index contributed by atoms with van der Waals surface area (Å²) in [6.07, 6.45) is 5.88. The second-order valence-electron chi connectivity index (χ2n) is 11.2. The average Bonchev–Trinajstić information content (AvgIpc) is 3.46. The summed E-state index contributed by atoms with van der Waals surface area (Å²) in [6, 6.07) is 19.5. The summed E-state index contributed by atoms with van der Waals surface area (Å²) >= 11 is 0. The van der Waals surface area contributed by atoms with Crippen molar-refractivity contribution in [1.29, 1.82) is 0 Å². The first kappa shape index (κ1) is 30.3. The molecule has 0 spiro atoms. The molecule has 9 heteroatoms. The molecule has 0 atom stereocenters. The second-order valence-corrected chi connectivity index (χ2v) is 11.2. The van der Waals surface area contributed by atoms with Crippen molar-refractivity contribution >= 4 is 40.0 Å². The largest absolute Gasteiger partial charge is 0.377 e. The van der Waals surface area contributed by atoms with Gasteiger partial charge in [0.2, 0.25) is 0 Å². The number of rotatable bonds is 10. The van der Waals surface area contributed by atoms with Crippen molar-refractivity contribution in [2.75, 3.05) is 50.1 Å². The molecule has 1 aliphatic rings. The van der Waals surface area contributed by atoms with Crippen molar-refractivity contribution in [3.05, 3.63) is 84.2 Å². The topological polar surface area (TPSA) is 91.7 Å². The summed E-state index contributed by atoms with van der Waals surface area (Å²) in [7, 11) is 1.62. The maximum absolute atomic E-state index is 13.2. The van der Waals surface area contributed by atoms with Gasteiger partial charge in [0.05, 0.1) is 18.2 Å². The predicted octanol–water partition coefficient (Wildman–Crippen LogP) is 6.24. The summed E-state index contributed by atoms with van der Waals surface area (Å²) in [5, 5.41) is 6.59. The van der Waals surface area contributed by atoms with Gasteiger partial charge in [-0.3, -0.25) is 9.36 Å². The highest BCUT2D eigenvalue weighted by atomic mass is 16.5. The summed E-state index contributed by atoms with van der Waals surface area (Å²) < 4.78 is 7.47. The van der Waals surface area contributed by atoms with E-state index in [1.165, 1.54) is 5.56 Å². The Bertz CT molecular complexity index is 1540. The van der Waals surface area contributed by atoms with E-state index in [1.54, 1.807) is 24.0 Å². The number of aromatic nitrogens is 2. The van der Waals surface area contributed by atoms with Crippen molar-refractivity contribution in [2.45, 2.75) is 45.6 Å². The number of anilines is 3. The van der Waals surface area contributed by atoms with Gasteiger partial charge in [0.25, 0.3) is 5.91 Å². The van der Waals surface area contributed by atoms with Gasteiger partial charge in [-0.15, -0.1) is 0 Å². The molecule has 1 saturated heterocycles. The minimum Gasteiger partial charge on any atom is -0.377 e. The minimum atomic E-state index is -0.191. The zero-order valence-electron chi connectivity index (χ0n) is 25.5. The molecule has 4 aromatic rings. The molecule has 2 aromatic carbocycles. The average molecular weight is 583 g/mol. The van der Waals surface area contributed by atoms with Crippen LogP contribution in [0.25, 0.3) is 10.9 Å². The van der Waals surface area contributed by atoms with E-state index in [-0.39, 0.29) is 18.0 Å². The number of hydrogen-bond acceptors (Lipinski definition) is 6. The number of carbonyl (C=O) groups excluding carboxylic acids is 2. The Morgan fingerprint density at radius 2 is 1.77 bits per heavy atom. The van der Waals surface area contributed by atoms with Crippen LogP contribution in [0.4, 0.5) is 22.0 Å². The Kier molecular flexibility index (Phi) is 9.74. The van der Waals surface area contributed by atoms with Crippen LogP contribution in [-0.2, 0) is 4.74 Å². The number of fused-ring (bicyclic) bond motifs is 1. The lowest BCUT2D eigenvalue weighted by Gasteiger charge is -2.31. The number of piperidine rings is 1. The molecular weight excluding hydrogens is 540 g/mol. The van der Waals surface area contributed by atoms with Gasteiger partial charge in [0.1, 0.15) is 5.82 Å². The highest BCUT2D eigenvalue weighted by Crippen LogP contribution is 2.31. The molecule has 0 aliphatic carbocycles. The Morgan fingerprint density at radius 1 is 1.02 bits per heavy atom. The lowest BCUT2D eigenvalue weighted by Crippen LogP contribution is -2.32. The predicted molar refractivity (Wildman–Crippen MR) is 173 cm³/mol. The number of pyridine rings is 1. The molecule has 1 fully saturated rings. The molecule has 2 N–H and O–H groups in total. The van der Waals surface area contributed by atoms with Gasteiger partial charge in [0, 0.05) is 54.4 Å². The molecule has 9 nitrogen and oxygen atoms in total. The van der Waals surface area contributed by atoms with E-state index < -0.39 is 0 Å². The third-order valence-electron chi connectivity index (χ3n) is 8.16. The van der Waals surface area contributed by atoms with E-state index >= 15 is 0 Å². The summed E-state index contributed by atoms with van der Waals surface area (Å²) in [6.45, 7) is 10.7. The van der Waals surface area contributed by atoms with Crippen molar-refractivity contribution in [3.8, 4) is 0 Å². The molecule has 3 heterocycles. The van der Waals surface area contributed by atoms with Gasteiger partial charge < -0.3 is 25.2 Å². The fourth-order valence-electron chi connectivity index (χ4n) is 5.72. The van der Waals surface area contributed by atoms with E-state index in [0.29, 0.717) is 30.5 Å². The summed E-state index contributed by atoms with van der Waals surface area (Å²) in [5.74, 6) is 0.828. The van der Waals surface area contributed by atoms with Crippen molar-refractivity contribution in [2.24, 2.45) is 0 Å². The number of amides is 2. The van der Waals surface area contributed by atoms with Gasteiger partial charge in [0.15, 0.2) is 0 Å². The van der Waals surface area contributed by atoms with Crippen LogP contribution in [-0.4, -0.2) is 72.3 Å². The Balaban J connectivity index is 1.33. The summed E-state index contributed by atoms with van der Waals surface area (Å²) in [4.78, 5) is 34.5. The first-order valence-corrected chi connectivity index (χ1v) is 15.2. The lowest BCUT2D eigenvalue weighted by molar-refractivity contribution is 0.0851. The molecule has 43 heavy (non-hydrogen) atoms. The van der Waals surface area contributed by atoms with Crippen LogP contribution in [0.1, 0.15) is 55.5 Å². The quantitative estimate of drug-likeness (QED) is 0.230. The highest BCUT2D eigenvalue weighted by molar-refractivity contribution is 6.04. The maximum atomic E-state index is 13.2. The van der Waals surface area contributed by atoms with Gasteiger partial charge in [-0.25, -0.2) is 9.78 Å². The number of nitrogens with one attached hydrogen (secondary N) is 2. The maximum Gasteiger partial charge on any atom is 0.325 e. The number of hydrogen-bond donors (Lipinski definition) is 2. The number of benzene rings is 2. The highest BCUT2D eigenvalue weighted by Gasteiger charge is 2.20. The van der Waals surface area contributed by atoms with E-state index in [1.807, 2.05) is 56.3 Å². The number of nitrogens with zero attached hydrogens (tertiary/aromatic N) is 4. The van der Waals surface area contributed by atoms with Gasteiger partial charge in [-0.1, -0.05) is 19.1 Å². The Morgan fingerprint density at radius 3 is 2.47 bits per heavy atom. The molecule has 0 radical (unpaired) electrons. The van der Waals surface area contributed by atoms with Crippen LogP contribution < -0.4 is 15.5 Å². The molecule has 5 rings (SSSR count). The summed E-state index contributed by atoms with van der Waals surface area (Å²) in [5.41, 5.74) is 4.54. The monoisotopic (exact) mass is 582 g/mol. The first-order valence-electron chi connectivity index (χ1n) is 15.2. The molecule has 2 aromatic heterocycles. The number of likely N-dealkylation sites (tertiary alicyclic amines) is 1. The van der Waals surface area contributed by atoms with Crippen LogP contribution in [0.2, 0.25) is 0 Å². The Labute approximate surface area is 253 Å². The van der Waals surface area contributed by atoms with Crippen LogP contribution in [0.15, 0.2) is 73.1 Å². The van der Waals surface area contributed by atoms with E-state index in [9.17, 15) is 9.59 Å². The molecular formula is C34H42N6O3. The number of ether oxygens (including phenoxy) is 1. The van der Waals surface area contributed by atoms with Crippen molar-refractivity contribution < 1.29 is 14.3 Å². The van der Waals surface area contributed by atoms with Crippen LogP contribution in [0, 0.1) is 0 Å². The molecule has 0 unspecified atom stereocenters. The van der Waals surface area contributed by atoms with E-state index in [2.05, 4.69) is 50.5 Å². The van der Waals surface area contributed by atoms with Crippen LogP contribution in [0.3, 0.4) is 0 Å². The normalized spacial score (nSPS) is 14.3.